The monoisotopic (exact) mass is 389 g/mol. The van der Waals surface area contributed by atoms with E-state index in [4.69, 9.17) is 18.8 Å². The first-order chi connectivity index (χ1) is 12.9. The van der Waals surface area contributed by atoms with E-state index in [1.165, 1.54) is 0 Å². The first kappa shape index (κ1) is 21.0. The van der Waals surface area contributed by atoms with Crippen LogP contribution in [0.25, 0.3) is 0 Å². The summed E-state index contributed by atoms with van der Waals surface area (Å²) in [4.78, 5) is 12.3. The number of rotatable bonds is 2. The molecule has 1 aromatic carbocycles. The maximum Gasteiger partial charge on any atom is 0.494 e. The van der Waals surface area contributed by atoms with Crippen LogP contribution in [0.1, 0.15) is 72.9 Å². The van der Waals surface area contributed by atoms with Gasteiger partial charge in [-0.25, -0.2) is 4.79 Å². The van der Waals surface area contributed by atoms with E-state index in [2.05, 4.69) is 5.32 Å². The van der Waals surface area contributed by atoms with E-state index in [9.17, 15) is 4.79 Å². The van der Waals surface area contributed by atoms with Crippen LogP contribution in [-0.2, 0) is 14.0 Å². The van der Waals surface area contributed by atoms with Crippen molar-refractivity contribution in [2.75, 3.05) is 6.61 Å². The highest BCUT2D eigenvalue weighted by molar-refractivity contribution is 6.62. The van der Waals surface area contributed by atoms with Crippen LogP contribution < -0.4 is 15.5 Å². The van der Waals surface area contributed by atoms with Crippen molar-refractivity contribution in [3.05, 3.63) is 23.8 Å². The number of ether oxygens (including phenoxy) is 2. The summed E-state index contributed by atoms with van der Waals surface area (Å²) in [5, 5.41) is 2.98. The predicted molar refractivity (Wildman–Crippen MR) is 109 cm³/mol. The fourth-order valence-electron chi connectivity index (χ4n) is 3.31. The van der Waals surface area contributed by atoms with Gasteiger partial charge in [0, 0.05) is 5.56 Å². The Bertz CT molecular complexity index is 725. The number of nitrogens with one attached hydrogen (secondary N) is 1. The third-order valence-corrected chi connectivity index (χ3v) is 5.52. The SMILES string of the molecule is CC(C)(C)OC(=O)N[C@@H]1CCCOc2cc(B3OC(C)(C)C(C)(C)O3)ccc21. The maximum atomic E-state index is 12.3. The van der Waals surface area contributed by atoms with Crippen LogP contribution in [0, 0.1) is 0 Å². The molecule has 1 atom stereocenters. The van der Waals surface area contributed by atoms with Crippen LogP contribution in [0.4, 0.5) is 4.79 Å². The van der Waals surface area contributed by atoms with Crippen LogP contribution in [0.2, 0.25) is 0 Å². The fraction of sp³-hybridized carbons (Fsp3) is 0.667. The molecule has 0 aromatic heterocycles. The van der Waals surface area contributed by atoms with Gasteiger partial charge in [0.05, 0.1) is 23.9 Å². The molecule has 0 spiro atoms. The highest BCUT2D eigenvalue weighted by Gasteiger charge is 2.51. The average Bonchev–Trinajstić information content (AvgIpc) is 2.68. The molecule has 1 fully saturated rings. The van der Waals surface area contributed by atoms with E-state index in [0.717, 1.165) is 29.6 Å². The summed E-state index contributed by atoms with van der Waals surface area (Å²) in [5.74, 6) is 0.755. The molecule has 28 heavy (non-hydrogen) atoms. The molecular weight excluding hydrogens is 357 g/mol. The Hall–Kier alpha value is -1.73. The number of carbonyl (C=O) groups is 1. The second-order valence-electron chi connectivity index (χ2n) is 9.58. The number of amides is 1. The average molecular weight is 389 g/mol. The smallest absolute Gasteiger partial charge is 0.493 e. The van der Waals surface area contributed by atoms with Crippen molar-refractivity contribution in [3.8, 4) is 5.75 Å². The molecule has 7 heteroatoms. The third-order valence-electron chi connectivity index (χ3n) is 5.52. The minimum Gasteiger partial charge on any atom is -0.493 e. The lowest BCUT2D eigenvalue weighted by Crippen LogP contribution is -2.41. The maximum absolute atomic E-state index is 12.3. The van der Waals surface area contributed by atoms with Gasteiger partial charge in [0.1, 0.15) is 11.4 Å². The minimum absolute atomic E-state index is 0.153. The Kier molecular flexibility index (Phi) is 5.45. The van der Waals surface area contributed by atoms with E-state index >= 15 is 0 Å². The first-order valence-corrected chi connectivity index (χ1v) is 10.00. The van der Waals surface area contributed by atoms with Gasteiger partial charge in [0.2, 0.25) is 0 Å². The fourth-order valence-corrected chi connectivity index (χ4v) is 3.31. The number of hydrogen-bond donors (Lipinski definition) is 1. The van der Waals surface area contributed by atoms with E-state index < -0.39 is 30.0 Å². The van der Waals surface area contributed by atoms with E-state index in [-0.39, 0.29) is 6.04 Å². The Labute approximate surface area is 168 Å². The van der Waals surface area contributed by atoms with Gasteiger partial charge in [-0.3, -0.25) is 0 Å². The lowest BCUT2D eigenvalue weighted by atomic mass is 9.78. The van der Waals surface area contributed by atoms with E-state index in [1.807, 2.05) is 66.7 Å². The molecule has 3 rings (SSSR count). The Morgan fingerprint density at radius 2 is 1.82 bits per heavy atom. The number of fused-ring (bicyclic) bond motifs is 1. The van der Waals surface area contributed by atoms with Gasteiger partial charge in [-0.1, -0.05) is 12.1 Å². The standard InChI is InChI=1S/C21H32BNO5/c1-19(2,3)26-18(24)23-16-9-8-12-25-17-13-14(10-11-15(16)17)22-27-20(4,5)21(6,7)28-22/h10-11,13,16H,8-9,12H2,1-7H3,(H,23,24)/t16-/m1/s1. The highest BCUT2D eigenvalue weighted by atomic mass is 16.7. The molecule has 6 nitrogen and oxygen atoms in total. The zero-order chi connectivity index (χ0) is 20.7. The van der Waals surface area contributed by atoms with Crippen LogP contribution in [0.15, 0.2) is 18.2 Å². The third kappa shape index (κ3) is 4.46. The Morgan fingerprint density at radius 1 is 1.18 bits per heavy atom. The summed E-state index contributed by atoms with van der Waals surface area (Å²) in [6, 6.07) is 5.79. The van der Waals surface area contributed by atoms with Crippen molar-refractivity contribution in [2.24, 2.45) is 0 Å². The van der Waals surface area contributed by atoms with Crippen LogP contribution >= 0.6 is 0 Å². The van der Waals surface area contributed by atoms with Gasteiger partial charge < -0.3 is 24.1 Å². The van der Waals surface area contributed by atoms with Gasteiger partial charge in [-0.2, -0.15) is 0 Å². The van der Waals surface area contributed by atoms with E-state index in [0.29, 0.717) is 6.61 Å². The number of benzene rings is 1. The molecule has 0 unspecified atom stereocenters. The van der Waals surface area contributed by atoms with Crippen molar-refractivity contribution in [3.63, 3.8) is 0 Å². The van der Waals surface area contributed by atoms with Gasteiger partial charge in [0.15, 0.2) is 0 Å². The zero-order valence-corrected chi connectivity index (χ0v) is 18.0. The molecule has 0 aliphatic carbocycles. The number of hydrogen-bond acceptors (Lipinski definition) is 5. The van der Waals surface area contributed by atoms with Crippen LogP contribution in [-0.4, -0.2) is 36.6 Å². The molecule has 2 aliphatic heterocycles. The topological polar surface area (TPSA) is 66.0 Å². The normalized spacial score (nSPS) is 23.4. The van der Waals surface area contributed by atoms with Gasteiger partial charge >= 0.3 is 13.2 Å². The lowest BCUT2D eigenvalue weighted by Gasteiger charge is -2.32. The predicted octanol–water partition coefficient (Wildman–Crippen LogP) is 3.72. The minimum atomic E-state index is -0.533. The Balaban J connectivity index is 1.81. The molecule has 1 amide bonds. The molecule has 0 radical (unpaired) electrons. The Morgan fingerprint density at radius 3 is 2.43 bits per heavy atom. The van der Waals surface area contributed by atoms with Crippen molar-refractivity contribution in [2.45, 2.75) is 84.2 Å². The summed E-state index contributed by atoms with van der Waals surface area (Å²) in [7, 11) is -0.445. The van der Waals surface area contributed by atoms with Gasteiger partial charge in [0.25, 0.3) is 0 Å². The molecule has 2 aliphatic rings. The molecule has 2 heterocycles. The summed E-state index contributed by atoms with van der Waals surface area (Å²) in [6.07, 6.45) is 1.23. The molecule has 154 valence electrons. The number of carbonyl (C=O) groups excluding carboxylic acids is 1. The van der Waals surface area contributed by atoms with E-state index in [1.54, 1.807) is 0 Å². The first-order valence-electron chi connectivity index (χ1n) is 10.00. The van der Waals surface area contributed by atoms with Crippen molar-refractivity contribution >= 4 is 18.7 Å². The molecular formula is C21H32BNO5. The second kappa shape index (κ2) is 7.27. The van der Waals surface area contributed by atoms with Gasteiger partial charge in [-0.15, -0.1) is 0 Å². The van der Waals surface area contributed by atoms with Crippen molar-refractivity contribution in [1.29, 1.82) is 0 Å². The summed E-state index contributed by atoms with van der Waals surface area (Å²) < 4.78 is 23.7. The molecule has 1 aromatic rings. The number of alkyl carbamates (subject to hydrolysis) is 1. The highest BCUT2D eigenvalue weighted by Crippen LogP contribution is 2.37. The largest absolute Gasteiger partial charge is 0.494 e. The van der Waals surface area contributed by atoms with Crippen molar-refractivity contribution < 1.29 is 23.6 Å². The van der Waals surface area contributed by atoms with Crippen LogP contribution in [0.5, 0.6) is 5.75 Å². The lowest BCUT2D eigenvalue weighted by molar-refractivity contribution is 0.00578. The summed E-state index contributed by atoms with van der Waals surface area (Å²) in [5.41, 5.74) is 0.534. The summed E-state index contributed by atoms with van der Waals surface area (Å²) >= 11 is 0. The zero-order valence-electron chi connectivity index (χ0n) is 18.0. The molecule has 0 saturated carbocycles. The van der Waals surface area contributed by atoms with Crippen LogP contribution in [0.3, 0.4) is 0 Å². The molecule has 1 saturated heterocycles. The molecule has 0 bridgehead atoms. The van der Waals surface area contributed by atoms with Crippen molar-refractivity contribution in [1.82, 2.24) is 5.32 Å². The summed E-state index contributed by atoms with van der Waals surface area (Å²) in [6.45, 7) is 14.3. The van der Waals surface area contributed by atoms with Gasteiger partial charge in [-0.05, 0) is 72.8 Å². The second-order valence-corrected chi connectivity index (χ2v) is 9.58. The quantitative estimate of drug-likeness (QED) is 0.781. The molecule has 1 N–H and O–H groups in total.